The second kappa shape index (κ2) is 8.29. The first-order chi connectivity index (χ1) is 14.1. The third kappa shape index (κ3) is 4.00. The fourth-order valence-electron chi connectivity index (χ4n) is 3.92. The molecule has 1 aliphatic heterocycles. The third-order valence-corrected chi connectivity index (χ3v) is 6.20. The molecule has 4 rings (SSSR count). The van der Waals surface area contributed by atoms with E-state index in [4.69, 9.17) is 0 Å². The summed E-state index contributed by atoms with van der Waals surface area (Å²) in [5.41, 5.74) is 3.07. The van der Waals surface area contributed by atoms with E-state index in [2.05, 4.69) is 29.4 Å². The Morgan fingerprint density at radius 3 is 2.41 bits per heavy atom. The largest absolute Gasteiger partial charge is 0.300 e. The summed E-state index contributed by atoms with van der Waals surface area (Å²) in [4.78, 5) is 42.9. The number of benzene rings is 1. The van der Waals surface area contributed by atoms with Gasteiger partial charge in [-0.2, -0.15) is 0 Å². The third-order valence-electron chi connectivity index (χ3n) is 5.44. The van der Waals surface area contributed by atoms with Gasteiger partial charge < -0.3 is 5.32 Å². The van der Waals surface area contributed by atoms with E-state index < -0.39 is 5.91 Å². The zero-order valence-corrected chi connectivity index (χ0v) is 17.1. The summed E-state index contributed by atoms with van der Waals surface area (Å²) < 4.78 is 0. The molecule has 0 unspecified atom stereocenters. The maximum Gasteiger partial charge on any atom is 0.246 e. The van der Waals surface area contributed by atoms with Gasteiger partial charge in [-0.25, -0.2) is 4.98 Å². The zero-order chi connectivity index (χ0) is 20.4. The molecule has 7 heteroatoms. The van der Waals surface area contributed by atoms with E-state index in [1.807, 2.05) is 29.7 Å². The predicted octanol–water partition coefficient (Wildman–Crippen LogP) is 3.65. The number of nitrogens with zero attached hydrogens (tertiary/aromatic N) is 2. The molecule has 0 saturated carbocycles. The fourth-order valence-corrected chi connectivity index (χ4v) is 4.66. The first kappa shape index (κ1) is 19.5. The van der Waals surface area contributed by atoms with Gasteiger partial charge in [0.25, 0.3) is 0 Å². The molecule has 3 amide bonds. The molecule has 2 heterocycles. The molecule has 0 radical (unpaired) electrons. The minimum atomic E-state index is -0.405. The average molecular weight is 410 g/mol. The van der Waals surface area contributed by atoms with Gasteiger partial charge in [-0.3, -0.25) is 19.3 Å². The number of carbonyl (C=O) groups excluding carboxylic acids is 3. The van der Waals surface area contributed by atoms with Crippen LogP contribution in [0.4, 0.5) is 5.13 Å². The Hall–Kier alpha value is -2.80. The fraction of sp³-hybridized carbons (Fsp3) is 0.364. The molecule has 0 spiro atoms. The second-order valence-electron chi connectivity index (χ2n) is 7.45. The number of hydrogen-bond acceptors (Lipinski definition) is 5. The van der Waals surface area contributed by atoms with Gasteiger partial charge >= 0.3 is 0 Å². The van der Waals surface area contributed by atoms with Crippen molar-refractivity contribution in [3.05, 3.63) is 47.4 Å². The molecule has 2 aromatic rings. The first-order valence-electron chi connectivity index (χ1n) is 9.91. The van der Waals surface area contributed by atoms with Crippen LogP contribution in [0.25, 0.3) is 11.3 Å². The molecule has 1 saturated heterocycles. The van der Waals surface area contributed by atoms with Crippen LogP contribution in [0.1, 0.15) is 31.7 Å². The molecule has 1 aromatic carbocycles. The molecule has 150 valence electrons. The summed E-state index contributed by atoms with van der Waals surface area (Å²) in [5.74, 6) is -1.53. The number of carbonyl (C=O) groups is 3. The molecule has 29 heavy (non-hydrogen) atoms. The van der Waals surface area contributed by atoms with E-state index >= 15 is 0 Å². The highest BCUT2D eigenvalue weighted by Crippen LogP contribution is 2.35. The van der Waals surface area contributed by atoms with Crippen molar-refractivity contribution < 1.29 is 14.4 Å². The number of fused-ring (bicyclic) bond motifs is 1. The number of anilines is 1. The van der Waals surface area contributed by atoms with Crippen molar-refractivity contribution in [1.82, 2.24) is 9.88 Å². The highest BCUT2D eigenvalue weighted by atomic mass is 32.1. The van der Waals surface area contributed by atoms with Crippen LogP contribution in [0, 0.1) is 11.8 Å². The Balaban J connectivity index is 1.38. The Kier molecular flexibility index (Phi) is 5.58. The van der Waals surface area contributed by atoms with E-state index in [9.17, 15) is 14.4 Å². The van der Waals surface area contributed by atoms with Crippen LogP contribution < -0.4 is 5.32 Å². The Morgan fingerprint density at radius 1 is 1.14 bits per heavy atom. The minimum Gasteiger partial charge on any atom is -0.300 e. The number of allylic oxidation sites excluding steroid dienone is 2. The highest BCUT2D eigenvalue weighted by Gasteiger charge is 2.47. The van der Waals surface area contributed by atoms with Crippen molar-refractivity contribution in [2.45, 2.75) is 32.6 Å². The van der Waals surface area contributed by atoms with Crippen molar-refractivity contribution in [2.24, 2.45) is 11.8 Å². The van der Waals surface area contributed by atoms with Gasteiger partial charge in [-0.15, -0.1) is 11.3 Å². The van der Waals surface area contributed by atoms with Crippen LogP contribution in [-0.4, -0.2) is 34.2 Å². The lowest BCUT2D eigenvalue weighted by atomic mass is 9.85. The summed E-state index contributed by atoms with van der Waals surface area (Å²) in [7, 11) is 0. The minimum absolute atomic E-state index is 0.244. The Labute approximate surface area is 173 Å². The molecule has 6 nitrogen and oxygen atoms in total. The molecular weight excluding hydrogens is 386 g/mol. The Bertz CT molecular complexity index is 938. The summed E-state index contributed by atoms with van der Waals surface area (Å²) in [6.07, 6.45) is 7.15. The number of amides is 3. The van der Waals surface area contributed by atoms with E-state index in [1.54, 1.807) is 0 Å². The van der Waals surface area contributed by atoms with Crippen molar-refractivity contribution in [2.75, 3.05) is 11.9 Å². The summed E-state index contributed by atoms with van der Waals surface area (Å²) in [6.45, 7) is 1.89. The van der Waals surface area contributed by atoms with Crippen LogP contribution in [-0.2, 0) is 20.8 Å². The van der Waals surface area contributed by atoms with Crippen molar-refractivity contribution in [1.29, 1.82) is 0 Å². The molecule has 0 bridgehead atoms. The lowest BCUT2D eigenvalue weighted by molar-refractivity contribution is -0.142. The van der Waals surface area contributed by atoms with Crippen molar-refractivity contribution in [3.8, 4) is 11.3 Å². The second-order valence-corrected chi connectivity index (χ2v) is 8.31. The number of aromatic nitrogens is 1. The molecule has 1 fully saturated rings. The molecule has 1 aromatic heterocycles. The van der Waals surface area contributed by atoms with Gasteiger partial charge in [-0.05, 0) is 24.8 Å². The van der Waals surface area contributed by atoms with Crippen LogP contribution in [0.15, 0.2) is 41.8 Å². The van der Waals surface area contributed by atoms with Crippen LogP contribution in [0.2, 0.25) is 0 Å². The predicted molar refractivity (Wildman–Crippen MR) is 112 cm³/mol. The maximum absolute atomic E-state index is 12.5. The van der Waals surface area contributed by atoms with Gasteiger partial charge in [-0.1, -0.05) is 49.8 Å². The number of aryl methyl sites for hydroxylation is 1. The van der Waals surface area contributed by atoms with Crippen LogP contribution in [0.5, 0.6) is 0 Å². The van der Waals surface area contributed by atoms with Gasteiger partial charge in [0.1, 0.15) is 6.54 Å². The van der Waals surface area contributed by atoms with Gasteiger partial charge in [0.05, 0.1) is 17.5 Å². The van der Waals surface area contributed by atoms with Gasteiger partial charge in [0.2, 0.25) is 17.7 Å². The summed E-state index contributed by atoms with van der Waals surface area (Å²) >= 11 is 1.33. The van der Waals surface area contributed by atoms with Crippen molar-refractivity contribution in [3.63, 3.8) is 0 Å². The molecule has 2 atom stereocenters. The number of thiazole rings is 1. The maximum atomic E-state index is 12.5. The molecular formula is C22H23N3O3S. The number of nitrogens with one attached hydrogen (secondary N) is 1. The monoisotopic (exact) mass is 409 g/mol. The molecule has 1 N–H and O–H groups in total. The molecule has 2 aliphatic rings. The van der Waals surface area contributed by atoms with Crippen LogP contribution >= 0.6 is 11.3 Å². The zero-order valence-electron chi connectivity index (χ0n) is 16.3. The standard InChI is InChI=1S/C22H23N3O3S/c1-2-5-14-8-10-15(11-9-14)18-13-29-22(23-18)24-19(26)12-25-20(27)16-6-3-4-7-17(16)21(25)28/h3-4,8-11,13,16-17H,2,5-7,12H2,1H3,(H,23,24,26)/t16-,17-/m0/s1. The lowest BCUT2D eigenvalue weighted by Crippen LogP contribution is -2.38. The van der Waals surface area contributed by atoms with Crippen LogP contribution in [0.3, 0.4) is 0 Å². The lowest BCUT2D eigenvalue weighted by Gasteiger charge is -2.14. The summed E-state index contributed by atoms with van der Waals surface area (Å²) in [5, 5.41) is 5.06. The van der Waals surface area contributed by atoms with E-state index in [0.29, 0.717) is 18.0 Å². The van der Waals surface area contributed by atoms with E-state index in [-0.39, 0.29) is 30.2 Å². The number of rotatable bonds is 6. The van der Waals surface area contributed by atoms with E-state index in [0.717, 1.165) is 29.0 Å². The normalized spacial score (nSPS) is 20.8. The number of imide groups is 1. The van der Waals surface area contributed by atoms with Crippen molar-refractivity contribution >= 4 is 34.2 Å². The van der Waals surface area contributed by atoms with Gasteiger partial charge in [0, 0.05) is 10.9 Å². The van der Waals surface area contributed by atoms with Gasteiger partial charge in [0.15, 0.2) is 5.13 Å². The number of likely N-dealkylation sites (tertiary alicyclic amines) is 1. The SMILES string of the molecule is CCCc1ccc(-c2csc(NC(=O)CN3C(=O)[C@H]4CC=CC[C@@H]4C3=O)n2)cc1. The highest BCUT2D eigenvalue weighted by molar-refractivity contribution is 7.14. The number of hydrogen-bond donors (Lipinski definition) is 1. The smallest absolute Gasteiger partial charge is 0.246 e. The first-order valence-corrected chi connectivity index (χ1v) is 10.8. The van der Waals surface area contributed by atoms with E-state index in [1.165, 1.54) is 16.9 Å². The quantitative estimate of drug-likeness (QED) is 0.583. The molecule has 1 aliphatic carbocycles. The Morgan fingerprint density at radius 2 is 1.79 bits per heavy atom. The average Bonchev–Trinajstić information content (AvgIpc) is 3.28. The summed E-state index contributed by atoms with van der Waals surface area (Å²) in [6, 6.07) is 8.25. The topological polar surface area (TPSA) is 79.4 Å².